The molecule has 0 N–H and O–H groups in total. The topological polar surface area (TPSA) is 16.1 Å². The van der Waals surface area contributed by atoms with Gasteiger partial charge in [0.25, 0.3) is 0 Å². The minimum Gasteiger partial charge on any atom is -0.294 e. The van der Waals surface area contributed by atoms with Crippen LogP contribution in [0.15, 0.2) is 18.2 Å². The maximum atomic E-state index is 4.72. The van der Waals surface area contributed by atoms with Crippen LogP contribution in [0.5, 0.6) is 0 Å². The molecule has 1 aliphatic rings. The lowest BCUT2D eigenvalue weighted by molar-refractivity contribution is 0.215. The molecule has 0 radical (unpaired) electrons. The Balaban J connectivity index is 1.85. The van der Waals surface area contributed by atoms with Crippen LogP contribution in [0.4, 0.5) is 0 Å². The molecule has 1 unspecified atom stereocenters. The van der Waals surface area contributed by atoms with Crippen molar-refractivity contribution in [2.45, 2.75) is 52.6 Å². The first-order valence-electron chi connectivity index (χ1n) is 7.78. The summed E-state index contributed by atoms with van der Waals surface area (Å²) in [6, 6.07) is 7.14. The van der Waals surface area contributed by atoms with E-state index < -0.39 is 0 Å². The molecule has 0 fully saturated rings. The molecule has 1 atom stereocenters. The molecule has 0 spiro atoms. The number of aryl methyl sites for hydroxylation is 4. The maximum Gasteiger partial charge on any atom is 0.0900 e. The fourth-order valence-corrected chi connectivity index (χ4v) is 4.57. The lowest BCUT2D eigenvalue weighted by Crippen LogP contribution is -2.27. The third kappa shape index (κ3) is 2.90. The highest BCUT2D eigenvalue weighted by Crippen LogP contribution is 2.38. The van der Waals surface area contributed by atoms with Crippen molar-refractivity contribution in [1.29, 1.82) is 0 Å². The van der Waals surface area contributed by atoms with Gasteiger partial charge in [0.2, 0.25) is 0 Å². The molecule has 0 saturated carbocycles. The van der Waals surface area contributed by atoms with Crippen LogP contribution in [0.25, 0.3) is 0 Å². The zero-order valence-corrected chi connectivity index (χ0v) is 14.3. The largest absolute Gasteiger partial charge is 0.294 e. The summed E-state index contributed by atoms with van der Waals surface area (Å²) in [5.41, 5.74) is 5.63. The third-order valence-corrected chi connectivity index (χ3v) is 5.73. The van der Waals surface area contributed by atoms with Gasteiger partial charge in [0.15, 0.2) is 0 Å². The second kappa shape index (κ2) is 5.90. The van der Waals surface area contributed by atoms with Crippen LogP contribution in [0.3, 0.4) is 0 Å². The van der Waals surface area contributed by atoms with Crippen LogP contribution in [-0.4, -0.2) is 16.9 Å². The maximum absolute atomic E-state index is 4.72. The quantitative estimate of drug-likeness (QED) is 0.825. The molecule has 0 bridgehead atoms. The molecule has 3 heteroatoms. The van der Waals surface area contributed by atoms with Gasteiger partial charge in [-0.3, -0.25) is 4.90 Å². The van der Waals surface area contributed by atoms with E-state index in [4.69, 9.17) is 4.98 Å². The van der Waals surface area contributed by atoms with E-state index >= 15 is 0 Å². The van der Waals surface area contributed by atoms with Crippen molar-refractivity contribution in [2.24, 2.45) is 0 Å². The number of thiazole rings is 1. The van der Waals surface area contributed by atoms with E-state index in [0.29, 0.717) is 6.04 Å². The van der Waals surface area contributed by atoms with Gasteiger partial charge < -0.3 is 0 Å². The number of hydrogen-bond donors (Lipinski definition) is 0. The standard InChI is InChI=1S/C18H24N2S/c1-12-7-5-8-13(2)15(12)11-20(4)17-10-6-9-16-18(17)21-14(3)19-16/h5,7-8,17H,6,9-11H2,1-4H3. The molecule has 0 saturated heterocycles. The van der Waals surface area contributed by atoms with Gasteiger partial charge in [0.05, 0.1) is 10.7 Å². The number of nitrogens with zero attached hydrogens (tertiary/aromatic N) is 2. The first-order valence-corrected chi connectivity index (χ1v) is 8.59. The summed E-state index contributed by atoms with van der Waals surface area (Å²) in [4.78, 5) is 8.74. The molecule has 21 heavy (non-hydrogen) atoms. The molecule has 1 aromatic heterocycles. The minimum atomic E-state index is 0.541. The fourth-order valence-electron chi connectivity index (χ4n) is 3.40. The van der Waals surface area contributed by atoms with Crippen molar-refractivity contribution in [3.05, 3.63) is 50.5 Å². The molecule has 2 nitrogen and oxygen atoms in total. The van der Waals surface area contributed by atoms with Crippen LogP contribution in [0.1, 0.15) is 51.2 Å². The first-order chi connectivity index (χ1) is 10.1. The van der Waals surface area contributed by atoms with Crippen molar-refractivity contribution in [3.63, 3.8) is 0 Å². The van der Waals surface area contributed by atoms with Gasteiger partial charge in [-0.15, -0.1) is 11.3 Å². The van der Waals surface area contributed by atoms with Gasteiger partial charge in [-0.1, -0.05) is 18.2 Å². The fraction of sp³-hybridized carbons (Fsp3) is 0.500. The van der Waals surface area contributed by atoms with Crippen molar-refractivity contribution < 1.29 is 0 Å². The van der Waals surface area contributed by atoms with E-state index in [2.05, 4.69) is 50.9 Å². The minimum absolute atomic E-state index is 0.541. The zero-order valence-electron chi connectivity index (χ0n) is 13.4. The molecule has 3 rings (SSSR count). The van der Waals surface area contributed by atoms with Gasteiger partial charge in [0.1, 0.15) is 0 Å². The van der Waals surface area contributed by atoms with Gasteiger partial charge >= 0.3 is 0 Å². The lowest BCUT2D eigenvalue weighted by Gasteiger charge is -2.31. The van der Waals surface area contributed by atoms with E-state index in [9.17, 15) is 0 Å². The van der Waals surface area contributed by atoms with E-state index in [1.165, 1.54) is 45.1 Å². The summed E-state index contributed by atoms with van der Waals surface area (Å²) in [5, 5.41) is 1.22. The van der Waals surface area contributed by atoms with Crippen LogP contribution < -0.4 is 0 Å². The predicted octanol–water partition coefficient (Wildman–Crippen LogP) is 4.58. The van der Waals surface area contributed by atoms with Crippen molar-refractivity contribution in [3.8, 4) is 0 Å². The van der Waals surface area contributed by atoms with Crippen LogP contribution >= 0.6 is 11.3 Å². The number of aromatic nitrogens is 1. The monoisotopic (exact) mass is 300 g/mol. The van der Waals surface area contributed by atoms with Crippen molar-refractivity contribution in [1.82, 2.24) is 9.88 Å². The van der Waals surface area contributed by atoms with Crippen LogP contribution in [-0.2, 0) is 13.0 Å². The molecular weight excluding hydrogens is 276 g/mol. The Hall–Kier alpha value is -1.19. The average molecular weight is 300 g/mol. The molecule has 1 aliphatic carbocycles. The summed E-state index contributed by atoms with van der Waals surface area (Å²) in [6.07, 6.45) is 3.68. The zero-order chi connectivity index (χ0) is 15.0. The summed E-state index contributed by atoms with van der Waals surface area (Å²) < 4.78 is 0. The highest BCUT2D eigenvalue weighted by molar-refractivity contribution is 7.11. The summed E-state index contributed by atoms with van der Waals surface area (Å²) in [7, 11) is 2.26. The van der Waals surface area contributed by atoms with Crippen molar-refractivity contribution >= 4 is 11.3 Å². The Kier molecular flexibility index (Phi) is 4.14. The van der Waals surface area contributed by atoms with Gasteiger partial charge in [-0.25, -0.2) is 4.98 Å². The SMILES string of the molecule is Cc1nc2c(s1)C(N(C)Cc1c(C)cccc1C)CCC2. The summed E-state index contributed by atoms with van der Waals surface area (Å²) >= 11 is 1.89. The van der Waals surface area contributed by atoms with E-state index in [0.717, 1.165) is 13.0 Å². The Morgan fingerprint density at radius 2 is 1.95 bits per heavy atom. The average Bonchev–Trinajstić information content (AvgIpc) is 2.82. The van der Waals surface area contributed by atoms with E-state index in [1.807, 2.05) is 11.3 Å². The molecule has 0 amide bonds. The van der Waals surface area contributed by atoms with E-state index in [-0.39, 0.29) is 0 Å². The van der Waals surface area contributed by atoms with Gasteiger partial charge in [-0.2, -0.15) is 0 Å². The summed E-state index contributed by atoms with van der Waals surface area (Å²) in [5.74, 6) is 0. The van der Waals surface area contributed by atoms with Crippen LogP contribution in [0.2, 0.25) is 0 Å². The number of benzene rings is 1. The highest BCUT2D eigenvalue weighted by Gasteiger charge is 2.27. The second-order valence-corrected chi connectivity index (χ2v) is 7.47. The highest BCUT2D eigenvalue weighted by atomic mass is 32.1. The predicted molar refractivity (Wildman–Crippen MR) is 89.9 cm³/mol. The van der Waals surface area contributed by atoms with Gasteiger partial charge in [0, 0.05) is 17.5 Å². The molecule has 2 aromatic rings. The molecular formula is C18H24N2S. The van der Waals surface area contributed by atoms with Crippen molar-refractivity contribution in [2.75, 3.05) is 7.05 Å². The third-order valence-electron chi connectivity index (χ3n) is 4.61. The number of fused-ring (bicyclic) bond motifs is 1. The molecule has 1 heterocycles. The normalized spacial score (nSPS) is 18.0. The molecule has 112 valence electrons. The molecule has 1 aromatic carbocycles. The Morgan fingerprint density at radius 1 is 1.24 bits per heavy atom. The smallest absolute Gasteiger partial charge is 0.0900 e. The Bertz CT molecular complexity index is 624. The Labute approximate surface area is 131 Å². The Morgan fingerprint density at radius 3 is 2.67 bits per heavy atom. The summed E-state index contributed by atoms with van der Waals surface area (Å²) in [6.45, 7) is 7.60. The first kappa shape index (κ1) is 14.7. The van der Waals surface area contributed by atoms with Gasteiger partial charge in [-0.05, 0) is 63.8 Å². The second-order valence-electron chi connectivity index (χ2n) is 6.24. The van der Waals surface area contributed by atoms with E-state index in [1.54, 1.807) is 0 Å². The van der Waals surface area contributed by atoms with Crippen LogP contribution in [0, 0.1) is 20.8 Å². The molecule has 0 aliphatic heterocycles. The number of hydrogen-bond acceptors (Lipinski definition) is 3. The number of rotatable bonds is 3. The lowest BCUT2D eigenvalue weighted by atomic mass is 9.95.